The lowest BCUT2D eigenvalue weighted by molar-refractivity contribution is -0.143. The van der Waals surface area contributed by atoms with E-state index in [0.717, 1.165) is 27.6 Å². The van der Waals surface area contributed by atoms with E-state index in [1.807, 2.05) is 26.0 Å². The molecule has 8 heteroatoms. The maximum absolute atomic E-state index is 12.9. The summed E-state index contributed by atoms with van der Waals surface area (Å²) in [4.78, 5) is 42.4. The quantitative estimate of drug-likeness (QED) is 0.455. The van der Waals surface area contributed by atoms with Gasteiger partial charge in [-0.25, -0.2) is 0 Å². The molecule has 0 fully saturated rings. The number of fused-ring (bicyclic) bond motifs is 2. The van der Waals surface area contributed by atoms with E-state index in [1.54, 1.807) is 35.8 Å². The van der Waals surface area contributed by atoms with Crippen molar-refractivity contribution >= 4 is 44.4 Å². The van der Waals surface area contributed by atoms with Crippen molar-refractivity contribution in [3.63, 3.8) is 0 Å². The second kappa shape index (κ2) is 8.31. The van der Waals surface area contributed by atoms with Gasteiger partial charge in [-0.1, -0.05) is 29.5 Å². The maximum Gasteiger partial charge on any atom is 0.326 e. The minimum absolute atomic E-state index is 0.0881. The van der Waals surface area contributed by atoms with Crippen LogP contribution >= 0.6 is 11.3 Å². The Morgan fingerprint density at radius 2 is 1.97 bits per heavy atom. The van der Waals surface area contributed by atoms with Crippen LogP contribution in [0.4, 0.5) is 0 Å². The minimum Gasteiger partial charge on any atom is -0.465 e. The number of benzene rings is 2. The molecule has 31 heavy (non-hydrogen) atoms. The summed E-state index contributed by atoms with van der Waals surface area (Å²) in [6.07, 6.45) is 1.13. The van der Waals surface area contributed by atoms with Crippen molar-refractivity contribution in [1.29, 1.82) is 0 Å². The minimum atomic E-state index is -0.724. The van der Waals surface area contributed by atoms with E-state index >= 15 is 0 Å². The Bertz CT molecular complexity index is 1460. The summed E-state index contributed by atoms with van der Waals surface area (Å²) in [5.74, 6) is -1.15. The standard InChI is InChI=1S/C23H20N2O5S/c1-4-29-19(26)11-25-17-10-13(2)9-14(3)21(17)31-23(25)24-22(28)16-12-30-18-8-6-5-7-15(18)20(16)27/h5-10,12H,4,11H2,1-3H3. The molecule has 2 heterocycles. The van der Waals surface area contributed by atoms with Crippen molar-refractivity contribution in [2.45, 2.75) is 27.3 Å². The molecule has 0 aliphatic carbocycles. The summed E-state index contributed by atoms with van der Waals surface area (Å²) in [7, 11) is 0. The summed E-state index contributed by atoms with van der Waals surface area (Å²) in [6, 6.07) is 10.7. The van der Waals surface area contributed by atoms with Gasteiger partial charge in [0.05, 0.1) is 22.2 Å². The molecule has 0 aliphatic rings. The first kappa shape index (κ1) is 20.7. The van der Waals surface area contributed by atoms with Crippen LogP contribution in [-0.2, 0) is 16.1 Å². The van der Waals surface area contributed by atoms with Crippen LogP contribution in [-0.4, -0.2) is 23.1 Å². The van der Waals surface area contributed by atoms with Crippen molar-refractivity contribution in [3.8, 4) is 0 Å². The fourth-order valence-corrected chi connectivity index (χ4v) is 4.54. The van der Waals surface area contributed by atoms with Crippen LogP contribution in [0, 0.1) is 13.8 Å². The lowest BCUT2D eigenvalue weighted by Gasteiger charge is -2.06. The predicted octanol–water partition coefficient (Wildman–Crippen LogP) is 3.73. The largest absolute Gasteiger partial charge is 0.465 e. The number of esters is 1. The summed E-state index contributed by atoms with van der Waals surface area (Å²) >= 11 is 1.29. The molecule has 0 atom stereocenters. The van der Waals surface area contributed by atoms with Gasteiger partial charge in [0.25, 0.3) is 5.91 Å². The molecule has 158 valence electrons. The Morgan fingerprint density at radius 3 is 2.74 bits per heavy atom. The highest BCUT2D eigenvalue weighted by molar-refractivity contribution is 7.16. The molecule has 0 saturated carbocycles. The normalized spacial score (nSPS) is 11.9. The van der Waals surface area contributed by atoms with E-state index in [9.17, 15) is 14.4 Å². The van der Waals surface area contributed by atoms with Crippen LogP contribution < -0.4 is 10.2 Å². The van der Waals surface area contributed by atoms with Gasteiger partial charge in [-0.3, -0.25) is 14.4 Å². The van der Waals surface area contributed by atoms with Crippen LogP contribution in [0.25, 0.3) is 21.2 Å². The SMILES string of the molecule is CCOC(=O)Cn1c(=NC(=O)c2coc3ccccc3c2=O)sc2c(C)cc(C)cc21. The highest BCUT2D eigenvalue weighted by atomic mass is 32.1. The van der Waals surface area contributed by atoms with E-state index in [2.05, 4.69) is 4.99 Å². The summed E-state index contributed by atoms with van der Waals surface area (Å²) in [5.41, 5.74) is 2.61. The fraction of sp³-hybridized carbons (Fsp3) is 0.217. The molecule has 4 aromatic rings. The third-order valence-electron chi connectivity index (χ3n) is 4.81. The molecular weight excluding hydrogens is 416 g/mol. The molecule has 0 spiro atoms. The van der Waals surface area contributed by atoms with Crippen LogP contribution in [0.15, 0.2) is 56.9 Å². The predicted molar refractivity (Wildman–Crippen MR) is 118 cm³/mol. The molecule has 0 aliphatic heterocycles. The van der Waals surface area contributed by atoms with Crippen molar-refractivity contribution < 1.29 is 18.7 Å². The highest BCUT2D eigenvalue weighted by Gasteiger charge is 2.17. The molecule has 0 unspecified atom stereocenters. The smallest absolute Gasteiger partial charge is 0.326 e. The molecule has 0 radical (unpaired) electrons. The van der Waals surface area contributed by atoms with Crippen LogP contribution in [0.2, 0.25) is 0 Å². The lowest BCUT2D eigenvalue weighted by Crippen LogP contribution is -2.24. The van der Waals surface area contributed by atoms with Crippen LogP contribution in [0.1, 0.15) is 28.4 Å². The van der Waals surface area contributed by atoms with Gasteiger partial charge in [0, 0.05) is 0 Å². The monoisotopic (exact) mass is 436 g/mol. The zero-order valence-corrected chi connectivity index (χ0v) is 18.1. The maximum atomic E-state index is 12.9. The number of carbonyl (C=O) groups is 2. The topological polar surface area (TPSA) is 90.9 Å². The Labute approximate surface area is 181 Å². The van der Waals surface area contributed by atoms with Gasteiger partial charge < -0.3 is 13.7 Å². The number of amides is 1. The second-order valence-corrected chi connectivity index (χ2v) is 8.08. The van der Waals surface area contributed by atoms with Gasteiger partial charge in [-0.05, 0) is 50.1 Å². The van der Waals surface area contributed by atoms with E-state index in [1.165, 1.54) is 11.3 Å². The number of carbonyl (C=O) groups excluding carboxylic acids is 2. The summed E-state index contributed by atoms with van der Waals surface area (Å²) < 4.78 is 13.1. The Hall–Kier alpha value is -3.52. The number of hydrogen-bond acceptors (Lipinski definition) is 6. The summed E-state index contributed by atoms with van der Waals surface area (Å²) in [5, 5.41) is 0.311. The van der Waals surface area contributed by atoms with Crippen molar-refractivity contribution in [2.75, 3.05) is 6.61 Å². The molecular formula is C23H20N2O5S. The zero-order valence-electron chi connectivity index (χ0n) is 17.3. The van der Waals surface area contributed by atoms with Gasteiger partial charge >= 0.3 is 5.97 Å². The van der Waals surface area contributed by atoms with E-state index in [-0.39, 0.29) is 18.7 Å². The van der Waals surface area contributed by atoms with Gasteiger partial charge in [-0.2, -0.15) is 4.99 Å². The Morgan fingerprint density at radius 1 is 1.19 bits per heavy atom. The molecule has 7 nitrogen and oxygen atoms in total. The van der Waals surface area contributed by atoms with Crippen molar-refractivity contribution in [2.24, 2.45) is 4.99 Å². The van der Waals surface area contributed by atoms with E-state index in [4.69, 9.17) is 9.15 Å². The van der Waals surface area contributed by atoms with Crippen molar-refractivity contribution in [1.82, 2.24) is 4.57 Å². The third-order valence-corrected chi connectivity index (χ3v) is 6.04. The van der Waals surface area contributed by atoms with Crippen LogP contribution in [0.3, 0.4) is 0 Å². The highest BCUT2D eigenvalue weighted by Crippen LogP contribution is 2.23. The van der Waals surface area contributed by atoms with Gasteiger partial charge in [-0.15, -0.1) is 0 Å². The molecule has 0 N–H and O–H groups in total. The molecule has 0 bridgehead atoms. The lowest BCUT2D eigenvalue weighted by atomic mass is 10.1. The van der Waals surface area contributed by atoms with Crippen LogP contribution in [0.5, 0.6) is 0 Å². The van der Waals surface area contributed by atoms with Crippen molar-refractivity contribution in [3.05, 3.63) is 74.4 Å². The molecule has 1 amide bonds. The average molecular weight is 436 g/mol. The fourth-order valence-electron chi connectivity index (χ4n) is 3.46. The average Bonchev–Trinajstić information content (AvgIpc) is 3.06. The van der Waals surface area contributed by atoms with Gasteiger partial charge in [0.2, 0.25) is 5.43 Å². The number of para-hydroxylation sites is 1. The number of aromatic nitrogens is 1. The number of aryl methyl sites for hydroxylation is 2. The number of hydrogen-bond donors (Lipinski definition) is 0. The molecule has 0 saturated heterocycles. The number of thiazole rings is 1. The number of nitrogens with zero attached hydrogens (tertiary/aromatic N) is 2. The molecule has 4 rings (SSSR count). The van der Waals surface area contributed by atoms with E-state index in [0.29, 0.717) is 15.8 Å². The molecule has 2 aromatic heterocycles. The number of rotatable bonds is 4. The second-order valence-electron chi connectivity index (χ2n) is 7.10. The molecule has 2 aromatic carbocycles. The number of ether oxygens (including phenoxy) is 1. The van der Waals surface area contributed by atoms with Gasteiger partial charge in [0.15, 0.2) is 4.80 Å². The Kier molecular flexibility index (Phi) is 5.56. The summed E-state index contributed by atoms with van der Waals surface area (Å²) in [6.45, 7) is 5.82. The third kappa shape index (κ3) is 3.94. The van der Waals surface area contributed by atoms with E-state index < -0.39 is 17.3 Å². The zero-order chi connectivity index (χ0) is 22.1. The first-order valence-corrected chi connectivity index (χ1v) is 10.6. The first-order valence-electron chi connectivity index (χ1n) is 9.75. The van der Waals surface area contributed by atoms with Gasteiger partial charge in [0.1, 0.15) is 24.0 Å². The Balaban J connectivity index is 1.89. The first-order chi connectivity index (χ1) is 14.9.